The van der Waals surface area contributed by atoms with Gasteiger partial charge in [0.05, 0.1) is 16.6 Å². The summed E-state index contributed by atoms with van der Waals surface area (Å²) in [6.07, 6.45) is 0. The molecule has 1 aliphatic heterocycles. The summed E-state index contributed by atoms with van der Waals surface area (Å²) in [7, 11) is -2.07. The summed E-state index contributed by atoms with van der Waals surface area (Å²) >= 11 is 0. The summed E-state index contributed by atoms with van der Waals surface area (Å²) in [5, 5.41) is 1.52. The fourth-order valence-electron chi connectivity index (χ4n) is 4.42. The van der Waals surface area contributed by atoms with E-state index in [-0.39, 0.29) is 23.4 Å². The Morgan fingerprint density at radius 1 is 0.812 bits per heavy atom. The zero-order chi connectivity index (χ0) is 22.3. The topological polar surface area (TPSA) is 57.7 Å². The van der Waals surface area contributed by atoms with Gasteiger partial charge in [-0.3, -0.25) is 9.10 Å². The van der Waals surface area contributed by atoms with E-state index < -0.39 is 10.0 Å². The minimum Gasteiger partial charge on any atom is -0.333 e. The molecule has 0 fully saturated rings. The number of carbonyl (C=O) groups is 1. The Kier molecular flexibility index (Phi) is 4.94. The molecule has 1 amide bonds. The lowest BCUT2D eigenvalue weighted by Gasteiger charge is -2.31. The average Bonchev–Trinajstić information content (AvgIpc) is 3.04. The van der Waals surface area contributed by atoms with Gasteiger partial charge in [-0.05, 0) is 28.6 Å². The predicted molar refractivity (Wildman–Crippen MR) is 126 cm³/mol. The van der Waals surface area contributed by atoms with Crippen molar-refractivity contribution in [1.29, 1.82) is 0 Å². The molecule has 4 aromatic rings. The summed E-state index contributed by atoms with van der Waals surface area (Å²) in [4.78, 5) is 15.3. The van der Waals surface area contributed by atoms with Crippen LogP contribution in [0.4, 0.5) is 5.69 Å². The number of carbonyl (C=O) groups excluding carboxylic acids is 1. The SMILES string of the molecule is CN(C(=O)CN1c2cccc3cccc(c23)S1(=O)=O)C(c1ccccc1)c1ccccc1. The molecule has 0 radical (unpaired) electrons. The van der Waals surface area contributed by atoms with Crippen LogP contribution in [0.1, 0.15) is 17.2 Å². The number of rotatable bonds is 5. The van der Waals surface area contributed by atoms with Gasteiger partial charge in [0.1, 0.15) is 6.54 Å². The molecule has 0 bridgehead atoms. The maximum absolute atomic E-state index is 13.5. The summed E-state index contributed by atoms with van der Waals surface area (Å²) in [5.41, 5.74) is 2.48. The number of hydrogen-bond acceptors (Lipinski definition) is 3. The molecule has 0 aromatic heterocycles. The Bertz CT molecular complexity index is 1360. The van der Waals surface area contributed by atoms with Crippen LogP contribution in [-0.2, 0) is 14.8 Å². The molecule has 1 heterocycles. The second-order valence-electron chi connectivity index (χ2n) is 7.87. The average molecular weight is 443 g/mol. The van der Waals surface area contributed by atoms with Crippen LogP contribution < -0.4 is 4.31 Å². The summed E-state index contributed by atoms with van der Waals surface area (Å²) in [6.45, 7) is -0.261. The van der Waals surface area contributed by atoms with Crippen LogP contribution in [0, 0.1) is 0 Å². The van der Waals surface area contributed by atoms with Crippen molar-refractivity contribution in [3.63, 3.8) is 0 Å². The van der Waals surface area contributed by atoms with Crippen molar-refractivity contribution in [2.24, 2.45) is 0 Å². The minimum atomic E-state index is -3.80. The lowest BCUT2D eigenvalue weighted by atomic mass is 9.97. The molecule has 5 nitrogen and oxygen atoms in total. The highest BCUT2D eigenvalue weighted by atomic mass is 32.2. The van der Waals surface area contributed by atoms with Crippen molar-refractivity contribution in [3.8, 4) is 0 Å². The summed E-state index contributed by atoms with van der Waals surface area (Å²) in [6, 6.07) is 29.9. The highest BCUT2D eigenvalue weighted by Gasteiger charge is 2.38. The first-order chi connectivity index (χ1) is 15.5. The fourth-order valence-corrected chi connectivity index (χ4v) is 6.08. The van der Waals surface area contributed by atoms with Gasteiger partial charge in [0, 0.05) is 12.4 Å². The van der Waals surface area contributed by atoms with Gasteiger partial charge in [0.25, 0.3) is 10.0 Å². The van der Waals surface area contributed by atoms with E-state index in [1.54, 1.807) is 30.1 Å². The Balaban J connectivity index is 1.51. The van der Waals surface area contributed by atoms with Gasteiger partial charge >= 0.3 is 0 Å². The highest BCUT2D eigenvalue weighted by Crippen LogP contribution is 2.42. The predicted octanol–water partition coefficient (Wildman–Crippen LogP) is 4.60. The maximum atomic E-state index is 13.5. The van der Waals surface area contributed by atoms with E-state index in [1.807, 2.05) is 78.9 Å². The Morgan fingerprint density at radius 2 is 1.38 bits per heavy atom. The fraction of sp³-hybridized carbons (Fsp3) is 0.115. The molecule has 5 rings (SSSR count). The lowest BCUT2D eigenvalue weighted by Crippen LogP contribution is -2.41. The molecule has 0 spiro atoms. The van der Waals surface area contributed by atoms with Gasteiger partial charge in [0.2, 0.25) is 5.91 Å². The zero-order valence-corrected chi connectivity index (χ0v) is 18.4. The molecule has 0 atom stereocenters. The first-order valence-electron chi connectivity index (χ1n) is 10.4. The van der Waals surface area contributed by atoms with Crippen molar-refractivity contribution >= 4 is 32.4 Å². The smallest absolute Gasteiger partial charge is 0.265 e. The Hall–Kier alpha value is -3.64. The van der Waals surface area contributed by atoms with Crippen molar-refractivity contribution in [3.05, 3.63) is 108 Å². The van der Waals surface area contributed by atoms with Crippen LogP contribution in [0.5, 0.6) is 0 Å². The van der Waals surface area contributed by atoms with Crippen LogP contribution in [0.15, 0.2) is 102 Å². The molecule has 6 heteroatoms. The molecule has 0 saturated carbocycles. The minimum absolute atomic E-state index is 0.253. The molecule has 1 aliphatic rings. The number of likely N-dealkylation sites (N-methyl/N-ethyl adjacent to an activating group) is 1. The third-order valence-corrected chi connectivity index (χ3v) is 7.77. The standard InChI is InChI=1S/C26H22N2O3S/c1-27(26(20-10-4-2-5-11-20)21-12-6-3-7-13-21)24(29)18-28-22-16-8-14-19-15-9-17-23(25(19)22)32(28,30)31/h2-17,26H,18H2,1H3. The molecule has 32 heavy (non-hydrogen) atoms. The Labute approximate surface area is 187 Å². The van der Waals surface area contributed by atoms with Crippen LogP contribution in [0.25, 0.3) is 10.8 Å². The number of benzene rings is 4. The van der Waals surface area contributed by atoms with Crippen molar-refractivity contribution in [2.75, 3.05) is 17.9 Å². The zero-order valence-electron chi connectivity index (χ0n) is 17.5. The van der Waals surface area contributed by atoms with E-state index in [9.17, 15) is 13.2 Å². The van der Waals surface area contributed by atoms with Crippen LogP contribution >= 0.6 is 0 Å². The first-order valence-corrected chi connectivity index (χ1v) is 11.8. The lowest BCUT2D eigenvalue weighted by molar-refractivity contribution is -0.129. The second-order valence-corrected chi connectivity index (χ2v) is 9.70. The molecule has 160 valence electrons. The van der Waals surface area contributed by atoms with E-state index >= 15 is 0 Å². The largest absolute Gasteiger partial charge is 0.333 e. The van der Waals surface area contributed by atoms with Crippen molar-refractivity contribution in [1.82, 2.24) is 4.90 Å². The number of nitrogens with zero attached hydrogens (tertiary/aromatic N) is 2. The van der Waals surface area contributed by atoms with Crippen molar-refractivity contribution in [2.45, 2.75) is 10.9 Å². The quantitative estimate of drug-likeness (QED) is 0.454. The molecule has 4 aromatic carbocycles. The highest BCUT2D eigenvalue weighted by molar-refractivity contribution is 7.93. The van der Waals surface area contributed by atoms with Gasteiger partial charge in [-0.15, -0.1) is 0 Å². The maximum Gasteiger partial charge on any atom is 0.265 e. The van der Waals surface area contributed by atoms with Crippen LogP contribution in [0.2, 0.25) is 0 Å². The van der Waals surface area contributed by atoms with Gasteiger partial charge < -0.3 is 4.90 Å². The number of sulfonamides is 1. The Morgan fingerprint density at radius 3 is 1.97 bits per heavy atom. The van der Waals surface area contributed by atoms with E-state index in [2.05, 4.69) is 0 Å². The monoisotopic (exact) mass is 442 g/mol. The van der Waals surface area contributed by atoms with Gasteiger partial charge in [-0.25, -0.2) is 8.42 Å². The molecule has 0 unspecified atom stereocenters. The third-order valence-electron chi connectivity index (χ3n) is 5.97. The molecular weight excluding hydrogens is 420 g/mol. The van der Waals surface area contributed by atoms with Crippen LogP contribution in [0.3, 0.4) is 0 Å². The van der Waals surface area contributed by atoms with Gasteiger partial charge in [0.15, 0.2) is 0 Å². The van der Waals surface area contributed by atoms with E-state index in [0.717, 1.165) is 16.5 Å². The number of anilines is 1. The van der Waals surface area contributed by atoms with E-state index in [1.165, 1.54) is 4.31 Å². The molecular formula is C26H22N2O3S. The normalized spacial score (nSPS) is 14.1. The summed E-state index contributed by atoms with van der Waals surface area (Å²) < 4.78 is 27.8. The number of amides is 1. The second kappa shape index (κ2) is 7.80. The van der Waals surface area contributed by atoms with Gasteiger partial charge in [-0.1, -0.05) is 84.9 Å². The van der Waals surface area contributed by atoms with E-state index in [0.29, 0.717) is 11.1 Å². The molecule has 0 saturated heterocycles. The van der Waals surface area contributed by atoms with E-state index in [4.69, 9.17) is 0 Å². The third kappa shape index (κ3) is 3.24. The first kappa shape index (κ1) is 20.3. The van der Waals surface area contributed by atoms with Crippen molar-refractivity contribution < 1.29 is 13.2 Å². The number of hydrogen-bond donors (Lipinski definition) is 0. The summed E-state index contributed by atoms with van der Waals surface area (Å²) in [5.74, 6) is -0.281. The van der Waals surface area contributed by atoms with Crippen LogP contribution in [-0.4, -0.2) is 32.8 Å². The molecule has 0 N–H and O–H groups in total. The van der Waals surface area contributed by atoms with Gasteiger partial charge in [-0.2, -0.15) is 0 Å². The molecule has 0 aliphatic carbocycles.